The number of methoxy groups -OCH3 is 1. The van der Waals surface area contributed by atoms with Gasteiger partial charge >= 0.3 is 5.97 Å². The molecule has 82 valence electrons. The van der Waals surface area contributed by atoms with E-state index in [9.17, 15) is 9.59 Å². The maximum Gasteiger partial charge on any atom is 0.359 e. The Labute approximate surface area is 95.6 Å². The van der Waals surface area contributed by atoms with Crippen LogP contribution in [0.25, 0.3) is 5.52 Å². The number of hydrogen-bond acceptors (Lipinski definition) is 4. The first-order chi connectivity index (χ1) is 7.67. The predicted octanol–water partition coefficient (Wildman–Crippen LogP) is 1.59. The highest BCUT2D eigenvalue weighted by Crippen LogP contribution is 2.18. The van der Waals surface area contributed by atoms with Crippen molar-refractivity contribution in [2.24, 2.45) is 0 Å². The number of hydrogen-bond donors (Lipinski definition) is 0. The Balaban J connectivity index is 2.76. The van der Waals surface area contributed by atoms with Crippen LogP contribution in [0, 0.1) is 0 Å². The lowest BCUT2D eigenvalue weighted by atomic mass is 10.2. The number of carbonyl (C=O) groups excluding carboxylic acids is 2. The summed E-state index contributed by atoms with van der Waals surface area (Å²) in [5.41, 5.74) is 0.636. The van der Waals surface area contributed by atoms with E-state index < -0.39 is 5.97 Å². The van der Waals surface area contributed by atoms with Gasteiger partial charge in [-0.25, -0.2) is 9.31 Å². The van der Waals surface area contributed by atoms with Gasteiger partial charge in [0.1, 0.15) is 0 Å². The number of aromatic nitrogens is 2. The van der Waals surface area contributed by atoms with Gasteiger partial charge in [-0.1, -0.05) is 11.6 Å². The summed E-state index contributed by atoms with van der Waals surface area (Å²) in [7, 11) is 1.23. The van der Waals surface area contributed by atoms with E-state index in [0.29, 0.717) is 16.8 Å². The standard InChI is InChI=1S/C10H7ClN2O3/c1-16-10(15)9-7(5-14)8-4-6(11)2-3-13(8)12-9/h2-5H,1H3. The molecule has 6 heteroatoms. The molecule has 0 atom stereocenters. The van der Waals surface area contributed by atoms with Gasteiger partial charge < -0.3 is 4.74 Å². The summed E-state index contributed by atoms with van der Waals surface area (Å²) in [5, 5.41) is 4.41. The van der Waals surface area contributed by atoms with E-state index >= 15 is 0 Å². The predicted molar refractivity (Wildman–Crippen MR) is 56.9 cm³/mol. The van der Waals surface area contributed by atoms with Crippen molar-refractivity contribution >= 4 is 29.4 Å². The Morgan fingerprint density at radius 1 is 1.62 bits per heavy atom. The van der Waals surface area contributed by atoms with Crippen molar-refractivity contribution in [2.45, 2.75) is 0 Å². The average molecular weight is 239 g/mol. The van der Waals surface area contributed by atoms with Crippen LogP contribution < -0.4 is 0 Å². The Hall–Kier alpha value is -1.88. The molecule has 0 amide bonds. The largest absolute Gasteiger partial charge is 0.464 e. The van der Waals surface area contributed by atoms with Crippen LogP contribution in [0.15, 0.2) is 18.3 Å². The SMILES string of the molecule is COC(=O)c1nn2ccc(Cl)cc2c1C=O. The topological polar surface area (TPSA) is 60.7 Å². The minimum atomic E-state index is -0.651. The van der Waals surface area contributed by atoms with Crippen LogP contribution in [-0.4, -0.2) is 29.0 Å². The molecule has 0 saturated heterocycles. The molecule has 16 heavy (non-hydrogen) atoms. The van der Waals surface area contributed by atoms with Crippen molar-refractivity contribution in [1.82, 2.24) is 9.61 Å². The maximum atomic E-state index is 11.4. The average Bonchev–Trinajstić information content (AvgIpc) is 2.65. The van der Waals surface area contributed by atoms with Gasteiger partial charge in [0, 0.05) is 11.2 Å². The highest BCUT2D eigenvalue weighted by molar-refractivity contribution is 6.31. The first kappa shape index (κ1) is 10.6. The van der Waals surface area contributed by atoms with Crippen molar-refractivity contribution in [3.8, 4) is 0 Å². The van der Waals surface area contributed by atoms with Crippen molar-refractivity contribution < 1.29 is 14.3 Å². The fourth-order valence-electron chi connectivity index (χ4n) is 1.40. The van der Waals surface area contributed by atoms with Crippen LogP contribution in [0.4, 0.5) is 0 Å². The molecular formula is C10H7ClN2O3. The third kappa shape index (κ3) is 1.55. The van der Waals surface area contributed by atoms with E-state index in [1.54, 1.807) is 18.3 Å². The minimum Gasteiger partial charge on any atom is -0.464 e. The van der Waals surface area contributed by atoms with Crippen LogP contribution in [0.3, 0.4) is 0 Å². The lowest BCUT2D eigenvalue weighted by Crippen LogP contribution is -2.04. The summed E-state index contributed by atoms with van der Waals surface area (Å²) < 4.78 is 5.94. The molecule has 2 aromatic rings. The molecule has 0 spiro atoms. The van der Waals surface area contributed by atoms with Gasteiger partial charge in [0.25, 0.3) is 0 Å². The zero-order valence-corrected chi connectivity index (χ0v) is 9.06. The molecule has 0 aliphatic heterocycles. The fraction of sp³-hybridized carbons (Fsp3) is 0.100. The Morgan fingerprint density at radius 3 is 3.00 bits per heavy atom. The van der Waals surface area contributed by atoms with Crippen molar-refractivity contribution in [3.05, 3.63) is 34.6 Å². The first-order valence-electron chi connectivity index (χ1n) is 4.38. The summed E-state index contributed by atoms with van der Waals surface area (Å²) in [6, 6.07) is 3.17. The number of halogens is 1. The molecule has 0 saturated carbocycles. The molecule has 0 aliphatic carbocycles. The number of rotatable bonds is 2. The summed E-state index contributed by atoms with van der Waals surface area (Å²) in [5.74, 6) is -0.651. The molecule has 0 aromatic carbocycles. The number of ether oxygens (including phenoxy) is 1. The Bertz CT molecular complexity index is 577. The molecule has 2 rings (SSSR count). The summed E-state index contributed by atoms with van der Waals surface area (Å²) in [6.07, 6.45) is 2.13. The van der Waals surface area contributed by atoms with E-state index in [0.717, 1.165) is 0 Å². The van der Waals surface area contributed by atoms with Gasteiger partial charge in [-0.2, -0.15) is 5.10 Å². The number of nitrogens with zero attached hydrogens (tertiary/aromatic N) is 2. The Kier molecular flexibility index (Phi) is 2.62. The smallest absolute Gasteiger partial charge is 0.359 e. The number of esters is 1. The van der Waals surface area contributed by atoms with Gasteiger partial charge in [0.2, 0.25) is 0 Å². The second-order valence-electron chi connectivity index (χ2n) is 3.05. The highest BCUT2D eigenvalue weighted by Gasteiger charge is 2.19. The quantitative estimate of drug-likeness (QED) is 0.589. The molecular weight excluding hydrogens is 232 g/mol. The van der Waals surface area contributed by atoms with E-state index in [4.69, 9.17) is 11.6 Å². The molecule has 5 nitrogen and oxygen atoms in total. The van der Waals surface area contributed by atoms with Gasteiger partial charge in [-0.15, -0.1) is 0 Å². The van der Waals surface area contributed by atoms with Crippen LogP contribution >= 0.6 is 11.6 Å². The molecule has 0 fully saturated rings. The zero-order valence-electron chi connectivity index (χ0n) is 8.31. The molecule has 0 N–H and O–H groups in total. The number of carbonyl (C=O) groups is 2. The first-order valence-corrected chi connectivity index (χ1v) is 4.76. The second-order valence-corrected chi connectivity index (χ2v) is 3.48. The highest BCUT2D eigenvalue weighted by atomic mass is 35.5. The summed E-state index contributed by atoms with van der Waals surface area (Å²) >= 11 is 5.80. The van der Waals surface area contributed by atoms with E-state index in [2.05, 4.69) is 9.84 Å². The third-order valence-corrected chi connectivity index (χ3v) is 2.37. The van der Waals surface area contributed by atoms with Crippen molar-refractivity contribution in [2.75, 3.05) is 7.11 Å². The lowest BCUT2D eigenvalue weighted by molar-refractivity contribution is 0.0591. The van der Waals surface area contributed by atoms with Crippen LogP contribution in [0.2, 0.25) is 5.02 Å². The number of aldehydes is 1. The van der Waals surface area contributed by atoms with Crippen LogP contribution in [0.1, 0.15) is 20.8 Å². The maximum absolute atomic E-state index is 11.4. The zero-order chi connectivity index (χ0) is 11.7. The van der Waals surface area contributed by atoms with E-state index in [1.807, 2.05) is 0 Å². The monoisotopic (exact) mass is 238 g/mol. The van der Waals surface area contributed by atoms with Gasteiger partial charge in [0.05, 0.1) is 18.2 Å². The normalized spacial score (nSPS) is 10.4. The summed E-state index contributed by atoms with van der Waals surface area (Å²) in [4.78, 5) is 22.3. The molecule has 0 radical (unpaired) electrons. The van der Waals surface area contributed by atoms with Crippen LogP contribution in [-0.2, 0) is 4.74 Å². The van der Waals surface area contributed by atoms with Gasteiger partial charge in [-0.05, 0) is 12.1 Å². The van der Waals surface area contributed by atoms with Gasteiger partial charge in [0.15, 0.2) is 12.0 Å². The molecule has 2 heterocycles. The number of fused-ring (bicyclic) bond motifs is 1. The lowest BCUT2D eigenvalue weighted by Gasteiger charge is -1.93. The van der Waals surface area contributed by atoms with Crippen molar-refractivity contribution in [3.63, 3.8) is 0 Å². The van der Waals surface area contributed by atoms with Crippen molar-refractivity contribution in [1.29, 1.82) is 0 Å². The Morgan fingerprint density at radius 2 is 2.38 bits per heavy atom. The molecule has 0 unspecified atom stereocenters. The van der Waals surface area contributed by atoms with E-state index in [1.165, 1.54) is 11.6 Å². The molecule has 2 aromatic heterocycles. The fourth-order valence-corrected chi connectivity index (χ4v) is 1.56. The molecule has 0 bridgehead atoms. The third-order valence-electron chi connectivity index (χ3n) is 2.13. The minimum absolute atomic E-state index is 0.0141. The number of pyridine rings is 1. The van der Waals surface area contributed by atoms with Gasteiger partial charge in [-0.3, -0.25) is 4.79 Å². The van der Waals surface area contributed by atoms with E-state index in [-0.39, 0.29) is 11.3 Å². The molecule has 0 aliphatic rings. The van der Waals surface area contributed by atoms with Crippen LogP contribution in [0.5, 0.6) is 0 Å². The second kappa shape index (κ2) is 3.94. The summed E-state index contributed by atoms with van der Waals surface area (Å²) in [6.45, 7) is 0.